The van der Waals surface area contributed by atoms with Crippen molar-refractivity contribution < 1.29 is 0 Å². The van der Waals surface area contributed by atoms with E-state index in [4.69, 9.17) is 0 Å². The Bertz CT molecular complexity index is 417. The number of pyridine rings is 1. The van der Waals surface area contributed by atoms with Gasteiger partial charge >= 0.3 is 0 Å². The quantitative estimate of drug-likeness (QED) is 0.698. The summed E-state index contributed by atoms with van der Waals surface area (Å²) >= 11 is 0. The van der Waals surface area contributed by atoms with E-state index in [1.165, 1.54) is 0 Å². The van der Waals surface area contributed by atoms with Crippen molar-refractivity contribution in [3.8, 4) is 0 Å². The fourth-order valence-corrected chi connectivity index (χ4v) is 1.52. The summed E-state index contributed by atoms with van der Waals surface area (Å²) in [6, 6.07) is 3.92. The number of rotatable bonds is 2. The van der Waals surface area contributed by atoms with E-state index < -0.39 is 0 Å². The molecular formula is C10H13N3. The lowest BCUT2D eigenvalue weighted by Crippen LogP contribution is -1.97. The van der Waals surface area contributed by atoms with Crippen LogP contribution in [0.2, 0.25) is 0 Å². The number of imidazole rings is 1. The molecule has 3 heteroatoms. The molecule has 0 fully saturated rings. The topological polar surface area (TPSA) is 30.7 Å². The second-order valence-electron chi connectivity index (χ2n) is 3.18. The minimum Gasteiger partial charge on any atom is -0.316 e. The average Bonchev–Trinajstić information content (AvgIpc) is 2.46. The average molecular weight is 175 g/mol. The highest BCUT2D eigenvalue weighted by Crippen LogP contribution is 2.12. The smallest absolute Gasteiger partial charge is 0.159 e. The van der Waals surface area contributed by atoms with E-state index in [1.807, 2.05) is 19.2 Å². The summed E-state index contributed by atoms with van der Waals surface area (Å²) in [6.45, 7) is 2.16. The third-order valence-electron chi connectivity index (χ3n) is 2.19. The number of hydrogen-bond donors (Lipinski definition) is 0. The Labute approximate surface area is 77.4 Å². The summed E-state index contributed by atoms with van der Waals surface area (Å²) in [6.07, 6.45) is 3.95. The highest BCUT2D eigenvalue weighted by molar-refractivity contribution is 5.70. The van der Waals surface area contributed by atoms with E-state index in [0.717, 1.165) is 29.8 Å². The first-order valence-corrected chi connectivity index (χ1v) is 4.59. The molecular weight excluding hydrogens is 162 g/mol. The third kappa shape index (κ3) is 1.30. The first-order valence-electron chi connectivity index (χ1n) is 4.59. The van der Waals surface area contributed by atoms with Crippen LogP contribution < -0.4 is 0 Å². The molecule has 2 aromatic rings. The van der Waals surface area contributed by atoms with Crippen molar-refractivity contribution in [2.24, 2.45) is 7.05 Å². The van der Waals surface area contributed by atoms with Crippen LogP contribution in [0.25, 0.3) is 11.2 Å². The van der Waals surface area contributed by atoms with E-state index in [9.17, 15) is 0 Å². The Hall–Kier alpha value is -1.38. The molecule has 3 nitrogen and oxygen atoms in total. The molecule has 0 aromatic carbocycles. The van der Waals surface area contributed by atoms with Gasteiger partial charge in [-0.25, -0.2) is 9.97 Å². The minimum absolute atomic E-state index is 0.978. The fourth-order valence-electron chi connectivity index (χ4n) is 1.52. The molecule has 0 amide bonds. The van der Waals surface area contributed by atoms with Crippen LogP contribution in [-0.4, -0.2) is 14.5 Å². The highest BCUT2D eigenvalue weighted by atomic mass is 15.1. The molecule has 2 rings (SSSR count). The third-order valence-corrected chi connectivity index (χ3v) is 2.19. The summed E-state index contributed by atoms with van der Waals surface area (Å²) < 4.78 is 2.07. The van der Waals surface area contributed by atoms with Gasteiger partial charge in [0.1, 0.15) is 11.3 Å². The van der Waals surface area contributed by atoms with Crippen LogP contribution in [0.3, 0.4) is 0 Å². The van der Waals surface area contributed by atoms with Gasteiger partial charge in [-0.3, -0.25) is 0 Å². The van der Waals surface area contributed by atoms with Gasteiger partial charge in [0.15, 0.2) is 5.65 Å². The predicted octanol–water partition coefficient (Wildman–Crippen LogP) is 1.92. The van der Waals surface area contributed by atoms with Gasteiger partial charge in [-0.1, -0.05) is 6.92 Å². The van der Waals surface area contributed by atoms with Crippen LogP contribution in [0.1, 0.15) is 19.2 Å². The van der Waals surface area contributed by atoms with E-state index in [0.29, 0.717) is 0 Å². The van der Waals surface area contributed by atoms with Crippen LogP contribution in [0.15, 0.2) is 18.3 Å². The molecule has 0 atom stereocenters. The molecule has 0 aliphatic carbocycles. The summed E-state index contributed by atoms with van der Waals surface area (Å²) in [5, 5.41) is 0. The van der Waals surface area contributed by atoms with Gasteiger partial charge in [0, 0.05) is 19.7 Å². The first-order chi connectivity index (χ1) is 6.33. The minimum atomic E-state index is 0.978. The second kappa shape index (κ2) is 3.17. The lowest BCUT2D eigenvalue weighted by molar-refractivity contribution is 0.768. The van der Waals surface area contributed by atoms with Gasteiger partial charge in [-0.2, -0.15) is 0 Å². The molecule has 13 heavy (non-hydrogen) atoms. The molecule has 0 saturated carbocycles. The fraction of sp³-hybridized carbons (Fsp3) is 0.400. The van der Waals surface area contributed by atoms with Gasteiger partial charge in [0.25, 0.3) is 0 Å². The maximum Gasteiger partial charge on any atom is 0.159 e. The number of fused-ring (bicyclic) bond motifs is 1. The maximum absolute atomic E-state index is 4.50. The van der Waals surface area contributed by atoms with Crippen molar-refractivity contribution in [2.45, 2.75) is 19.8 Å². The zero-order chi connectivity index (χ0) is 9.26. The molecule has 0 bridgehead atoms. The zero-order valence-electron chi connectivity index (χ0n) is 7.99. The zero-order valence-corrected chi connectivity index (χ0v) is 7.99. The highest BCUT2D eigenvalue weighted by Gasteiger charge is 2.05. The molecule has 0 spiro atoms. The Kier molecular flexibility index (Phi) is 2.00. The van der Waals surface area contributed by atoms with Crippen LogP contribution in [0.5, 0.6) is 0 Å². The molecule has 2 aromatic heterocycles. The molecule has 0 radical (unpaired) electrons. The van der Waals surface area contributed by atoms with E-state index in [2.05, 4.69) is 21.5 Å². The first kappa shape index (κ1) is 8.23. The molecule has 68 valence electrons. The van der Waals surface area contributed by atoms with Gasteiger partial charge in [0.05, 0.1) is 0 Å². The largest absolute Gasteiger partial charge is 0.316 e. The monoisotopic (exact) mass is 175 g/mol. The Morgan fingerprint density at radius 3 is 3.00 bits per heavy atom. The Balaban J connectivity index is 2.60. The van der Waals surface area contributed by atoms with Gasteiger partial charge in [0.2, 0.25) is 0 Å². The van der Waals surface area contributed by atoms with Crippen molar-refractivity contribution in [2.75, 3.05) is 0 Å². The summed E-state index contributed by atoms with van der Waals surface area (Å²) in [4.78, 5) is 8.79. The van der Waals surface area contributed by atoms with Gasteiger partial charge < -0.3 is 4.57 Å². The predicted molar refractivity (Wildman–Crippen MR) is 52.5 cm³/mol. The van der Waals surface area contributed by atoms with Crippen molar-refractivity contribution in [1.82, 2.24) is 14.5 Å². The molecule has 0 aliphatic heterocycles. The van der Waals surface area contributed by atoms with Crippen molar-refractivity contribution in [3.05, 3.63) is 24.2 Å². The standard InChI is InChI=1S/C10H13N3/c1-3-5-9-12-8-6-4-7-11-10(8)13(9)2/h4,6-7H,3,5H2,1-2H3. The van der Waals surface area contributed by atoms with Crippen molar-refractivity contribution in [1.29, 1.82) is 0 Å². The number of aromatic nitrogens is 3. The van der Waals surface area contributed by atoms with Crippen LogP contribution >= 0.6 is 0 Å². The number of aryl methyl sites for hydroxylation is 2. The van der Waals surface area contributed by atoms with E-state index >= 15 is 0 Å². The lowest BCUT2D eigenvalue weighted by atomic mass is 10.3. The molecule has 0 aliphatic rings. The summed E-state index contributed by atoms with van der Waals surface area (Å²) in [5.74, 6) is 1.12. The van der Waals surface area contributed by atoms with Crippen LogP contribution in [-0.2, 0) is 13.5 Å². The molecule has 0 unspecified atom stereocenters. The van der Waals surface area contributed by atoms with Crippen LogP contribution in [0.4, 0.5) is 0 Å². The normalized spacial score (nSPS) is 10.9. The van der Waals surface area contributed by atoms with Gasteiger partial charge in [-0.05, 0) is 18.6 Å². The number of nitrogens with zero attached hydrogens (tertiary/aromatic N) is 3. The molecule has 0 saturated heterocycles. The summed E-state index contributed by atoms with van der Waals surface area (Å²) in [5.41, 5.74) is 1.97. The molecule has 0 N–H and O–H groups in total. The van der Waals surface area contributed by atoms with E-state index in [-0.39, 0.29) is 0 Å². The van der Waals surface area contributed by atoms with E-state index in [1.54, 1.807) is 6.20 Å². The maximum atomic E-state index is 4.50. The lowest BCUT2D eigenvalue weighted by Gasteiger charge is -1.97. The van der Waals surface area contributed by atoms with Crippen molar-refractivity contribution >= 4 is 11.2 Å². The number of hydrogen-bond acceptors (Lipinski definition) is 2. The summed E-state index contributed by atoms with van der Waals surface area (Å²) in [7, 11) is 2.02. The van der Waals surface area contributed by atoms with Crippen molar-refractivity contribution in [3.63, 3.8) is 0 Å². The Morgan fingerprint density at radius 2 is 2.31 bits per heavy atom. The van der Waals surface area contributed by atoms with Crippen LogP contribution in [0, 0.1) is 0 Å². The van der Waals surface area contributed by atoms with Gasteiger partial charge in [-0.15, -0.1) is 0 Å². The second-order valence-corrected chi connectivity index (χ2v) is 3.18. The molecule has 2 heterocycles. The Morgan fingerprint density at radius 1 is 1.46 bits per heavy atom. The SMILES string of the molecule is CCCc1nc2cccnc2n1C.